The molecule has 1 aliphatic rings. The summed E-state index contributed by atoms with van der Waals surface area (Å²) >= 11 is 0. The second-order valence-electron chi connectivity index (χ2n) is 5.24. The second kappa shape index (κ2) is 6.41. The SMILES string of the molecule is COc1ccc(CN2CCO[C@H](c3noc(C)n3)C2)cc1F. The second-order valence-corrected chi connectivity index (χ2v) is 5.24. The minimum Gasteiger partial charge on any atom is -0.494 e. The molecular weight excluding hydrogens is 289 g/mol. The fourth-order valence-electron chi connectivity index (χ4n) is 2.51. The maximum absolute atomic E-state index is 13.7. The Morgan fingerprint density at radius 1 is 1.45 bits per heavy atom. The van der Waals surface area contributed by atoms with Crippen LogP contribution in [0.3, 0.4) is 0 Å². The third kappa shape index (κ3) is 3.26. The Labute approximate surface area is 127 Å². The Bertz CT molecular complexity index is 647. The quantitative estimate of drug-likeness (QED) is 0.862. The zero-order chi connectivity index (χ0) is 15.5. The predicted octanol–water partition coefficient (Wildman–Crippen LogP) is 2.10. The number of aryl methyl sites for hydroxylation is 1. The standard InChI is InChI=1S/C15H18FN3O3/c1-10-17-15(18-22-10)14-9-19(5-6-21-14)8-11-3-4-13(20-2)12(16)7-11/h3-4,7,14H,5-6,8-9H2,1-2H3/t14-/m0/s1. The van der Waals surface area contributed by atoms with Gasteiger partial charge in [-0.15, -0.1) is 0 Å². The summed E-state index contributed by atoms with van der Waals surface area (Å²) in [6.45, 7) is 4.39. The van der Waals surface area contributed by atoms with E-state index in [9.17, 15) is 4.39 Å². The van der Waals surface area contributed by atoms with Crippen LogP contribution < -0.4 is 4.74 Å². The summed E-state index contributed by atoms with van der Waals surface area (Å²) in [4.78, 5) is 6.39. The van der Waals surface area contributed by atoms with Crippen molar-refractivity contribution >= 4 is 0 Å². The summed E-state index contributed by atoms with van der Waals surface area (Å²) in [5.41, 5.74) is 0.892. The van der Waals surface area contributed by atoms with Crippen molar-refractivity contribution in [2.24, 2.45) is 0 Å². The van der Waals surface area contributed by atoms with Gasteiger partial charge in [-0.1, -0.05) is 11.2 Å². The first-order chi connectivity index (χ1) is 10.7. The molecule has 22 heavy (non-hydrogen) atoms. The van der Waals surface area contributed by atoms with Gasteiger partial charge in [0.1, 0.15) is 6.10 Å². The van der Waals surface area contributed by atoms with Gasteiger partial charge < -0.3 is 14.0 Å². The number of hydrogen-bond donors (Lipinski definition) is 0. The zero-order valence-electron chi connectivity index (χ0n) is 12.6. The molecule has 0 unspecified atom stereocenters. The van der Waals surface area contributed by atoms with E-state index < -0.39 is 0 Å². The van der Waals surface area contributed by atoms with Crippen molar-refractivity contribution in [3.8, 4) is 5.75 Å². The van der Waals surface area contributed by atoms with Gasteiger partial charge in [0.05, 0.1) is 13.7 Å². The van der Waals surface area contributed by atoms with Crippen molar-refractivity contribution in [2.75, 3.05) is 26.8 Å². The molecule has 2 heterocycles. The monoisotopic (exact) mass is 307 g/mol. The predicted molar refractivity (Wildman–Crippen MR) is 76.0 cm³/mol. The summed E-state index contributed by atoms with van der Waals surface area (Å²) in [5, 5.41) is 3.90. The average molecular weight is 307 g/mol. The first kappa shape index (κ1) is 14.9. The Morgan fingerprint density at radius 2 is 2.32 bits per heavy atom. The molecule has 1 aromatic heterocycles. The van der Waals surface area contributed by atoms with Crippen molar-refractivity contribution in [1.29, 1.82) is 0 Å². The highest BCUT2D eigenvalue weighted by Crippen LogP contribution is 2.23. The molecule has 0 N–H and O–H groups in total. The van der Waals surface area contributed by atoms with E-state index in [1.807, 2.05) is 6.07 Å². The lowest BCUT2D eigenvalue weighted by Crippen LogP contribution is -2.38. The van der Waals surface area contributed by atoms with E-state index >= 15 is 0 Å². The van der Waals surface area contributed by atoms with E-state index in [-0.39, 0.29) is 17.7 Å². The normalized spacial score (nSPS) is 19.3. The first-order valence-electron chi connectivity index (χ1n) is 7.12. The van der Waals surface area contributed by atoms with Gasteiger partial charge >= 0.3 is 0 Å². The third-order valence-electron chi connectivity index (χ3n) is 3.60. The molecule has 1 atom stereocenters. The molecule has 0 amide bonds. The fourth-order valence-corrected chi connectivity index (χ4v) is 2.51. The fraction of sp³-hybridized carbons (Fsp3) is 0.467. The van der Waals surface area contributed by atoms with Gasteiger partial charge in [0.15, 0.2) is 11.6 Å². The number of benzene rings is 1. The number of morpholine rings is 1. The molecule has 0 bridgehead atoms. The average Bonchev–Trinajstić information content (AvgIpc) is 2.94. The van der Waals surface area contributed by atoms with Crippen LogP contribution in [0.4, 0.5) is 4.39 Å². The maximum atomic E-state index is 13.7. The topological polar surface area (TPSA) is 60.6 Å². The van der Waals surface area contributed by atoms with Crippen LogP contribution in [0.2, 0.25) is 0 Å². The number of aromatic nitrogens is 2. The molecule has 118 valence electrons. The summed E-state index contributed by atoms with van der Waals surface area (Å²) in [7, 11) is 1.46. The van der Waals surface area contributed by atoms with Crippen molar-refractivity contribution in [1.82, 2.24) is 15.0 Å². The molecule has 1 fully saturated rings. The van der Waals surface area contributed by atoms with E-state index in [1.165, 1.54) is 13.2 Å². The lowest BCUT2D eigenvalue weighted by atomic mass is 10.1. The van der Waals surface area contributed by atoms with Gasteiger partial charge in [-0.2, -0.15) is 4.98 Å². The van der Waals surface area contributed by atoms with Gasteiger partial charge in [-0.3, -0.25) is 4.90 Å². The van der Waals surface area contributed by atoms with Gasteiger partial charge in [-0.05, 0) is 17.7 Å². The van der Waals surface area contributed by atoms with Crippen LogP contribution in [-0.2, 0) is 11.3 Å². The lowest BCUT2D eigenvalue weighted by molar-refractivity contribution is -0.0380. The van der Waals surface area contributed by atoms with E-state index in [0.29, 0.717) is 31.4 Å². The van der Waals surface area contributed by atoms with Crippen LogP contribution in [0.25, 0.3) is 0 Å². The molecule has 1 aliphatic heterocycles. The lowest BCUT2D eigenvalue weighted by Gasteiger charge is -2.31. The Morgan fingerprint density at radius 3 is 3.00 bits per heavy atom. The van der Waals surface area contributed by atoms with E-state index in [1.54, 1.807) is 13.0 Å². The molecular formula is C15H18FN3O3. The molecule has 0 aliphatic carbocycles. The molecule has 7 heteroatoms. The minimum atomic E-state index is -0.349. The van der Waals surface area contributed by atoms with Gasteiger partial charge in [0.2, 0.25) is 11.7 Å². The number of hydrogen-bond acceptors (Lipinski definition) is 6. The molecule has 2 aromatic rings. The van der Waals surface area contributed by atoms with Crippen LogP contribution in [0, 0.1) is 12.7 Å². The van der Waals surface area contributed by atoms with Crippen molar-refractivity contribution in [3.05, 3.63) is 41.3 Å². The van der Waals surface area contributed by atoms with Crippen molar-refractivity contribution in [2.45, 2.75) is 19.6 Å². The molecule has 0 radical (unpaired) electrons. The van der Waals surface area contributed by atoms with Gasteiger partial charge in [-0.25, -0.2) is 4.39 Å². The Hall–Kier alpha value is -1.99. The molecule has 0 spiro atoms. The smallest absolute Gasteiger partial charge is 0.223 e. The van der Waals surface area contributed by atoms with E-state index in [0.717, 1.165) is 12.1 Å². The van der Waals surface area contributed by atoms with Crippen molar-refractivity contribution in [3.63, 3.8) is 0 Å². The summed E-state index contributed by atoms with van der Waals surface area (Å²) in [5.74, 6) is 0.987. The highest BCUT2D eigenvalue weighted by Gasteiger charge is 2.26. The van der Waals surface area contributed by atoms with Crippen LogP contribution in [-0.4, -0.2) is 41.8 Å². The maximum Gasteiger partial charge on any atom is 0.223 e. The number of nitrogens with zero attached hydrogens (tertiary/aromatic N) is 3. The number of ether oxygens (including phenoxy) is 2. The molecule has 0 saturated carbocycles. The van der Waals surface area contributed by atoms with Gasteiger partial charge in [0.25, 0.3) is 0 Å². The zero-order valence-corrected chi connectivity index (χ0v) is 12.6. The highest BCUT2D eigenvalue weighted by molar-refractivity contribution is 5.29. The molecule has 3 rings (SSSR count). The largest absolute Gasteiger partial charge is 0.494 e. The Balaban J connectivity index is 1.66. The number of rotatable bonds is 4. The Kier molecular flexibility index (Phi) is 4.35. The van der Waals surface area contributed by atoms with Gasteiger partial charge in [0, 0.05) is 26.6 Å². The highest BCUT2D eigenvalue weighted by atomic mass is 19.1. The van der Waals surface area contributed by atoms with E-state index in [4.69, 9.17) is 14.0 Å². The van der Waals surface area contributed by atoms with Crippen LogP contribution in [0.5, 0.6) is 5.75 Å². The van der Waals surface area contributed by atoms with Crippen LogP contribution >= 0.6 is 0 Å². The van der Waals surface area contributed by atoms with Crippen LogP contribution in [0.1, 0.15) is 23.4 Å². The minimum absolute atomic E-state index is 0.214. The van der Waals surface area contributed by atoms with E-state index in [2.05, 4.69) is 15.0 Å². The third-order valence-corrected chi connectivity index (χ3v) is 3.60. The molecule has 1 saturated heterocycles. The number of methoxy groups -OCH3 is 1. The first-order valence-corrected chi connectivity index (χ1v) is 7.12. The molecule has 6 nitrogen and oxygen atoms in total. The number of halogens is 1. The molecule has 1 aromatic carbocycles. The summed E-state index contributed by atoms with van der Waals surface area (Å²) < 4.78 is 29.4. The summed E-state index contributed by atoms with van der Waals surface area (Å²) in [6.07, 6.45) is -0.214. The van der Waals surface area contributed by atoms with Crippen LogP contribution in [0.15, 0.2) is 22.7 Å². The summed E-state index contributed by atoms with van der Waals surface area (Å²) in [6, 6.07) is 5.01. The van der Waals surface area contributed by atoms with Crippen molar-refractivity contribution < 1.29 is 18.4 Å².